The number of rotatable bonds is 21. The molecular weight excluding hydrogens is 456 g/mol. The summed E-state index contributed by atoms with van der Waals surface area (Å²) in [4.78, 5) is 25.2. The maximum absolute atomic E-state index is 12.6. The van der Waals surface area contributed by atoms with Crippen LogP contribution in [-0.4, -0.2) is 75.3 Å². The fraction of sp³-hybridized carbons (Fsp3) is 0.714. The Bertz CT molecular complexity index is 765. The highest BCUT2D eigenvalue weighted by molar-refractivity contribution is 5.92. The van der Waals surface area contributed by atoms with Gasteiger partial charge in [-0.2, -0.15) is 0 Å². The van der Waals surface area contributed by atoms with E-state index < -0.39 is 17.1 Å². The molecule has 0 saturated carbocycles. The van der Waals surface area contributed by atoms with Gasteiger partial charge in [0, 0.05) is 13.1 Å². The zero-order valence-corrected chi connectivity index (χ0v) is 23.4. The van der Waals surface area contributed by atoms with E-state index in [9.17, 15) is 9.59 Å². The van der Waals surface area contributed by atoms with Gasteiger partial charge in [0.05, 0.1) is 36.9 Å². The van der Waals surface area contributed by atoms with E-state index >= 15 is 0 Å². The average Bonchev–Trinajstić information content (AvgIpc) is 2.86. The van der Waals surface area contributed by atoms with E-state index in [1.165, 1.54) is 5.56 Å². The van der Waals surface area contributed by atoms with Crippen LogP contribution < -0.4 is 21.7 Å². The Hall–Kier alpha value is -1.68. The molecule has 0 heterocycles. The highest BCUT2D eigenvalue weighted by Gasteiger charge is 2.31. The number of carbonyl (C=O) groups is 2. The first-order valence-corrected chi connectivity index (χ1v) is 13.2. The fourth-order valence-corrected chi connectivity index (χ4v) is 3.66. The van der Waals surface area contributed by atoms with Gasteiger partial charge in [-0.25, -0.2) is 0 Å². The van der Waals surface area contributed by atoms with E-state index in [0.717, 1.165) is 31.4 Å². The van der Waals surface area contributed by atoms with Crippen molar-refractivity contribution >= 4 is 11.6 Å². The molecule has 1 atom stereocenters. The van der Waals surface area contributed by atoms with Crippen molar-refractivity contribution in [2.24, 2.45) is 5.73 Å². The summed E-state index contributed by atoms with van der Waals surface area (Å²) in [6, 6.07) is 7.95. The van der Waals surface area contributed by atoms with Crippen LogP contribution in [0.1, 0.15) is 65.0 Å². The highest BCUT2D eigenvalue weighted by Crippen LogP contribution is 2.11. The summed E-state index contributed by atoms with van der Waals surface area (Å²) < 4.78 is 11.1. The molecule has 0 spiro atoms. The molecule has 0 bridgehead atoms. The predicted molar refractivity (Wildman–Crippen MR) is 146 cm³/mol. The van der Waals surface area contributed by atoms with Crippen LogP contribution >= 0.6 is 0 Å². The molecule has 0 radical (unpaired) electrons. The number of benzene rings is 1. The Kier molecular flexibility index (Phi) is 15.2. The van der Waals surface area contributed by atoms with E-state index in [1.807, 2.05) is 34.7 Å². The maximum atomic E-state index is 12.6. The summed E-state index contributed by atoms with van der Waals surface area (Å²) in [6.07, 6.45) is 3.64. The third-order valence-corrected chi connectivity index (χ3v) is 6.43. The van der Waals surface area contributed by atoms with Gasteiger partial charge in [0.2, 0.25) is 0 Å². The van der Waals surface area contributed by atoms with E-state index in [1.54, 1.807) is 0 Å². The Morgan fingerprint density at radius 3 is 2.17 bits per heavy atom. The average molecular weight is 507 g/mol. The van der Waals surface area contributed by atoms with E-state index in [2.05, 4.69) is 47.1 Å². The zero-order valence-electron chi connectivity index (χ0n) is 23.4. The van der Waals surface area contributed by atoms with Crippen molar-refractivity contribution in [2.75, 3.05) is 46.6 Å². The molecule has 36 heavy (non-hydrogen) atoms. The molecule has 1 aromatic rings. The molecule has 1 aromatic carbocycles. The Labute approximate surface area is 218 Å². The van der Waals surface area contributed by atoms with Gasteiger partial charge in [-0.15, -0.1) is 0 Å². The van der Waals surface area contributed by atoms with Gasteiger partial charge in [-0.3, -0.25) is 9.59 Å². The molecule has 0 saturated heterocycles. The molecular formula is C28H50N4O4. The summed E-state index contributed by atoms with van der Waals surface area (Å²) in [7, 11) is 1.92. The van der Waals surface area contributed by atoms with Crippen LogP contribution in [0.2, 0.25) is 0 Å². The van der Waals surface area contributed by atoms with Crippen molar-refractivity contribution in [3.8, 4) is 0 Å². The van der Waals surface area contributed by atoms with Crippen molar-refractivity contribution in [1.29, 1.82) is 0 Å². The maximum Gasteiger partial charge on any atom is 0.177 e. The molecule has 8 nitrogen and oxygen atoms in total. The molecule has 0 amide bonds. The van der Waals surface area contributed by atoms with Crippen LogP contribution in [0.15, 0.2) is 24.3 Å². The number of Topliss-reactive ketones (excluding diaryl/α,β-unsaturated/α-hetero) is 2. The van der Waals surface area contributed by atoms with Crippen LogP contribution in [0.5, 0.6) is 0 Å². The SMILES string of the molecule is CCc1ccc(CNC(C)(C)C(=O)COCCOCCNC(C)(C)C(=O)C(N)CCCCNC)cc1. The van der Waals surface area contributed by atoms with Gasteiger partial charge < -0.3 is 31.2 Å². The number of hydrogen-bond acceptors (Lipinski definition) is 8. The number of unbranched alkanes of at least 4 members (excludes halogenated alkanes) is 1. The first-order valence-electron chi connectivity index (χ1n) is 13.2. The third kappa shape index (κ3) is 12.5. The van der Waals surface area contributed by atoms with Crippen molar-refractivity contribution < 1.29 is 19.1 Å². The fourth-order valence-electron chi connectivity index (χ4n) is 3.66. The Balaban J connectivity index is 2.18. The van der Waals surface area contributed by atoms with Gasteiger partial charge in [0.25, 0.3) is 0 Å². The van der Waals surface area contributed by atoms with Gasteiger partial charge >= 0.3 is 0 Å². The van der Waals surface area contributed by atoms with Crippen LogP contribution in [0.4, 0.5) is 0 Å². The molecule has 206 valence electrons. The van der Waals surface area contributed by atoms with Gasteiger partial charge in [-0.05, 0) is 71.7 Å². The Morgan fingerprint density at radius 1 is 0.889 bits per heavy atom. The molecule has 5 N–H and O–H groups in total. The number of nitrogens with two attached hydrogens (primary N) is 1. The van der Waals surface area contributed by atoms with Crippen LogP contribution in [0, 0.1) is 0 Å². The van der Waals surface area contributed by atoms with Crippen molar-refractivity contribution in [3.05, 3.63) is 35.4 Å². The summed E-state index contributed by atoms with van der Waals surface area (Å²) in [5, 5.41) is 9.65. The molecule has 0 aliphatic heterocycles. The minimum Gasteiger partial charge on any atom is -0.378 e. The summed E-state index contributed by atoms with van der Waals surface area (Å²) >= 11 is 0. The number of nitrogens with one attached hydrogen (secondary N) is 3. The highest BCUT2D eigenvalue weighted by atomic mass is 16.5. The summed E-state index contributed by atoms with van der Waals surface area (Å²) in [6.45, 7) is 12.9. The van der Waals surface area contributed by atoms with E-state index in [-0.39, 0.29) is 18.2 Å². The minimum atomic E-state index is -0.703. The predicted octanol–water partition coefficient (Wildman–Crippen LogP) is 2.37. The molecule has 0 aliphatic rings. The zero-order chi connectivity index (χ0) is 27.0. The molecule has 8 heteroatoms. The van der Waals surface area contributed by atoms with Gasteiger partial charge in [0.1, 0.15) is 6.61 Å². The Morgan fingerprint density at radius 2 is 1.53 bits per heavy atom. The topological polar surface area (TPSA) is 115 Å². The summed E-state index contributed by atoms with van der Waals surface area (Å²) in [5.41, 5.74) is 7.16. The lowest BCUT2D eigenvalue weighted by molar-refractivity contribution is -0.129. The van der Waals surface area contributed by atoms with Crippen LogP contribution in [0.3, 0.4) is 0 Å². The lowest BCUT2D eigenvalue weighted by Gasteiger charge is -2.28. The first kappa shape index (κ1) is 32.3. The number of hydrogen-bond donors (Lipinski definition) is 4. The molecule has 0 aliphatic carbocycles. The van der Waals surface area contributed by atoms with Crippen molar-refractivity contribution in [3.63, 3.8) is 0 Å². The standard InChI is InChI=1S/C28H50N4O4/c1-7-22-11-13-23(14-12-22)20-32-27(2,3)25(33)21-36-19-18-35-17-16-31-28(4,5)26(34)24(29)10-8-9-15-30-6/h11-14,24,30-32H,7-10,15-21,29H2,1-6H3. The normalized spacial score (nSPS) is 13.1. The summed E-state index contributed by atoms with van der Waals surface area (Å²) in [5.74, 6) is 0.0138. The number of carbonyl (C=O) groups excluding carboxylic acids is 2. The lowest BCUT2D eigenvalue weighted by Crippen LogP contribution is -2.54. The van der Waals surface area contributed by atoms with Crippen LogP contribution in [0.25, 0.3) is 0 Å². The van der Waals surface area contributed by atoms with Crippen molar-refractivity contribution in [2.45, 2.75) is 84.0 Å². The molecule has 1 unspecified atom stereocenters. The second-order valence-electron chi connectivity index (χ2n) is 10.4. The second kappa shape index (κ2) is 16.9. The van der Waals surface area contributed by atoms with Gasteiger partial charge in [0.15, 0.2) is 11.6 Å². The monoisotopic (exact) mass is 506 g/mol. The minimum absolute atomic E-state index is 0.00287. The number of ketones is 2. The largest absolute Gasteiger partial charge is 0.378 e. The van der Waals surface area contributed by atoms with E-state index in [4.69, 9.17) is 15.2 Å². The molecule has 0 fully saturated rings. The third-order valence-electron chi connectivity index (χ3n) is 6.43. The lowest BCUT2D eigenvalue weighted by atomic mass is 9.91. The second-order valence-corrected chi connectivity index (χ2v) is 10.4. The smallest absolute Gasteiger partial charge is 0.177 e. The number of aryl methyl sites for hydroxylation is 1. The first-order chi connectivity index (χ1) is 17.0. The van der Waals surface area contributed by atoms with E-state index in [0.29, 0.717) is 39.3 Å². The number of ether oxygens (including phenoxy) is 2. The molecule has 0 aromatic heterocycles. The quantitative estimate of drug-likeness (QED) is 0.188. The molecule has 1 rings (SSSR count). The van der Waals surface area contributed by atoms with Crippen molar-refractivity contribution in [1.82, 2.24) is 16.0 Å². The van der Waals surface area contributed by atoms with Gasteiger partial charge in [-0.1, -0.05) is 37.6 Å². The van der Waals surface area contributed by atoms with Crippen LogP contribution in [-0.2, 0) is 32.0 Å².